The van der Waals surface area contributed by atoms with E-state index in [1.165, 1.54) is 0 Å². The second kappa shape index (κ2) is 2.78. The number of hydrogen-bond acceptors (Lipinski definition) is 1. The highest BCUT2D eigenvalue weighted by molar-refractivity contribution is 6.15. The molecular weight excluding hydrogens is 171 g/mol. The highest BCUT2D eigenvalue weighted by Crippen LogP contribution is 2.62. The summed E-state index contributed by atoms with van der Waals surface area (Å²) in [6.45, 7) is 15.3. The lowest BCUT2D eigenvalue weighted by Crippen LogP contribution is -2.47. The van der Waals surface area contributed by atoms with Gasteiger partial charge in [-0.05, 0) is 25.7 Å². The van der Waals surface area contributed by atoms with Gasteiger partial charge in [-0.2, -0.15) is 0 Å². The number of rotatable bonds is 1. The van der Waals surface area contributed by atoms with E-state index in [1.807, 2.05) is 6.92 Å². The molecule has 1 aliphatic heterocycles. The fourth-order valence-electron chi connectivity index (χ4n) is 2.52. The van der Waals surface area contributed by atoms with Crippen molar-refractivity contribution in [1.82, 2.24) is 0 Å². The minimum absolute atomic E-state index is 0.0231. The molecule has 1 aliphatic rings. The maximum atomic E-state index is 6.26. The minimum atomic E-state index is -0.540. The molecule has 0 spiro atoms. The van der Waals surface area contributed by atoms with Crippen molar-refractivity contribution in [2.24, 2.45) is 10.8 Å². The van der Waals surface area contributed by atoms with E-state index in [2.05, 4.69) is 41.5 Å². The number of hydrogen-bond donors (Lipinski definition) is 0. The summed E-state index contributed by atoms with van der Waals surface area (Å²) in [7, 11) is 6.26. The second-order valence-electron chi connectivity index (χ2n) is 6.04. The Morgan fingerprint density at radius 2 is 1.36 bits per heavy atom. The van der Waals surface area contributed by atoms with Crippen LogP contribution >= 0.6 is 0 Å². The standard InChI is InChI=1S/C12H23BO/c1-8-11(6)9(2,3)10(4,5)12(7,13)14-11/h8H2,1-7H3/t11-,12-/m1/s1. The van der Waals surface area contributed by atoms with Gasteiger partial charge in [0.25, 0.3) is 0 Å². The van der Waals surface area contributed by atoms with Gasteiger partial charge >= 0.3 is 0 Å². The summed E-state index contributed by atoms with van der Waals surface area (Å²) < 4.78 is 6.09. The molecule has 0 bridgehead atoms. The lowest BCUT2D eigenvalue weighted by atomic mass is 9.52. The molecule has 1 fully saturated rings. The molecule has 0 amide bonds. The van der Waals surface area contributed by atoms with Crippen LogP contribution in [-0.2, 0) is 4.74 Å². The SMILES string of the molecule is [B][C@]1(C)O[C@](C)(CC)C(C)(C)C1(C)C. The van der Waals surface area contributed by atoms with Crippen molar-refractivity contribution >= 4 is 7.85 Å². The Hall–Kier alpha value is 0.0249. The van der Waals surface area contributed by atoms with Crippen LogP contribution in [-0.4, -0.2) is 18.9 Å². The highest BCUT2D eigenvalue weighted by atomic mass is 16.5. The van der Waals surface area contributed by atoms with Crippen LogP contribution in [0.25, 0.3) is 0 Å². The summed E-state index contributed by atoms with van der Waals surface area (Å²) in [5, 5.41) is 0. The zero-order valence-corrected chi connectivity index (χ0v) is 10.7. The summed E-state index contributed by atoms with van der Waals surface area (Å²) in [4.78, 5) is 0. The average Bonchev–Trinajstić information content (AvgIpc) is 2.09. The molecule has 2 heteroatoms. The highest BCUT2D eigenvalue weighted by Gasteiger charge is 2.64. The van der Waals surface area contributed by atoms with Gasteiger partial charge < -0.3 is 4.74 Å². The molecule has 2 atom stereocenters. The van der Waals surface area contributed by atoms with Gasteiger partial charge in [-0.3, -0.25) is 0 Å². The average molecular weight is 194 g/mol. The summed E-state index contributed by atoms with van der Waals surface area (Å²) in [6.07, 6.45) is 0.996. The van der Waals surface area contributed by atoms with Crippen LogP contribution in [0.2, 0.25) is 0 Å². The van der Waals surface area contributed by atoms with E-state index in [9.17, 15) is 0 Å². The van der Waals surface area contributed by atoms with E-state index < -0.39 is 5.50 Å². The van der Waals surface area contributed by atoms with E-state index in [4.69, 9.17) is 12.6 Å². The Bertz CT molecular complexity index is 243. The second-order valence-corrected chi connectivity index (χ2v) is 6.04. The van der Waals surface area contributed by atoms with Crippen LogP contribution in [0.3, 0.4) is 0 Å². The van der Waals surface area contributed by atoms with Crippen LogP contribution in [0.1, 0.15) is 54.9 Å². The van der Waals surface area contributed by atoms with Crippen molar-refractivity contribution in [2.75, 3.05) is 0 Å². The van der Waals surface area contributed by atoms with Crippen LogP contribution in [0, 0.1) is 10.8 Å². The largest absolute Gasteiger partial charge is 0.378 e. The van der Waals surface area contributed by atoms with Crippen molar-refractivity contribution < 1.29 is 4.74 Å². The summed E-state index contributed by atoms with van der Waals surface area (Å²) in [5.41, 5.74) is -0.607. The van der Waals surface area contributed by atoms with E-state index in [1.54, 1.807) is 0 Å². The third-order valence-corrected chi connectivity index (χ3v) is 5.24. The van der Waals surface area contributed by atoms with Crippen LogP contribution in [0.5, 0.6) is 0 Å². The lowest BCUT2D eigenvalue weighted by Gasteiger charge is -2.45. The molecule has 0 saturated carbocycles. The van der Waals surface area contributed by atoms with Crippen molar-refractivity contribution in [3.63, 3.8) is 0 Å². The topological polar surface area (TPSA) is 9.23 Å². The van der Waals surface area contributed by atoms with E-state index in [0.29, 0.717) is 0 Å². The minimum Gasteiger partial charge on any atom is -0.378 e. The molecule has 1 rings (SSSR count). The molecule has 0 aliphatic carbocycles. The first kappa shape index (κ1) is 12.1. The van der Waals surface area contributed by atoms with Gasteiger partial charge in [-0.25, -0.2) is 0 Å². The van der Waals surface area contributed by atoms with Gasteiger partial charge in [-0.15, -0.1) is 0 Å². The van der Waals surface area contributed by atoms with Crippen LogP contribution in [0.15, 0.2) is 0 Å². The fraction of sp³-hybridized carbons (Fsp3) is 1.00. The summed E-state index contributed by atoms with van der Waals surface area (Å²) >= 11 is 0. The van der Waals surface area contributed by atoms with Crippen molar-refractivity contribution in [3.8, 4) is 0 Å². The normalized spacial score (nSPS) is 45.4. The van der Waals surface area contributed by atoms with Crippen molar-refractivity contribution in [2.45, 2.75) is 66.0 Å². The quantitative estimate of drug-likeness (QED) is 0.582. The molecule has 14 heavy (non-hydrogen) atoms. The zero-order chi connectivity index (χ0) is 11.4. The molecule has 0 aromatic carbocycles. The molecule has 1 heterocycles. The third kappa shape index (κ3) is 1.13. The molecule has 80 valence electrons. The van der Waals surface area contributed by atoms with E-state index >= 15 is 0 Å². The number of ether oxygens (including phenoxy) is 1. The van der Waals surface area contributed by atoms with Gasteiger partial charge in [0.15, 0.2) is 0 Å². The Labute approximate surface area is 90.0 Å². The first-order valence-corrected chi connectivity index (χ1v) is 5.51. The van der Waals surface area contributed by atoms with Gasteiger partial charge in [0.2, 0.25) is 0 Å². The van der Waals surface area contributed by atoms with Gasteiger partial charge in [-0.1, -0.05) is 34.6 Å². The maximum Gasteiger partial charge on any atom is 0.114 e. The molecule has 1 nitrogen and oxygen atoms in total. The smallest absolute Gasteiger partial charge is 0.114 e. The Morgan fingerprint density at radius 3 is 1.50 bits per heavy atom. The first-order chi connectivity index (χ1) is 6.02. The Kier molecular flexibility index (Phi) is 2.40. The lowest BCUT2D eigenvalue weighted by molar-refractivity contribution is -0.0782. The zero-order valence-electron chi connectivity index (χ0n) is 10.7. The maximum absolute atomic E-state index is 6.26. The van der Waals surface area contributed by atoms with Gasteiger partial charge in [0, 0.05) is 10.9 Å². The Balaban J connectivity index is 3.25. The molecular formula is C12H23BO. The fourth-order valence-corrected chi connectivity index (χ4v) is 2.52. The van der Waals surface area contributed by atoms with Crippen molar-refractivity contribution in [1.29, 1.82) is 0 Å². The molecule has 2 radical (unpaired) electrons. The Morgan fingerprint density at radius 1 is 0.929 bits per heavy atom. The third-order valence-electron chi connectivity index (χ3n) is 5.24. The first-order valence-electron chi connectivity index (χ1n) is 5.51. The van der Waals surface area contributed by atoms with Crippen LogP contribution in [0.4, 0.5) is 0 Å². The van der Waals surface area contributed by atoms with Crippen LogP contribution < -0.4 is 0 Å². The summed E-state index contributed by atoms with van der Waals surface area (Å²) in [6, 6.07) is 0. The van der Waals surface area contributed by atoms with E-state index in [0.717, 1.165) is 6.42 Å². The molecule has 0 unspecified atom stereocenters. The molecule has 0 N–H and O–H groups in total. The van der Waals surface area contributed by atoms with Gasteiger partial charge in [0.05, 0.1) is 5.60 Å². The monoisotopic (exact) mass is 194 g/mol. The molecule has 0 aromatic rings. The summed E-state index contributed by atoms with van der Waals surface area (Å²) in [5.74, 6) is 0. The molecule has 0 aromatic heterocycles. The molecule has 1 saturated heterocycles. The van der Waals surface area contributed by atoms with E-state index in [-0.39, 0.29) is 16.4 Å². The van der Waals surface area contributed by atoms with Gasteiger partial charge in [0.1, 0.15) is 7.85 Å². The van der Waals surface area contributed by atoms with Crippen molar-refractivity contribution in [3.05, 3.63) is 0 Å². The predicted octanol–water partition coefficient (Wildman–Crippen LogP) is 3.12. The predicted molar refractivity (Wildman–Crippen MR) is 61.5 cm³/mol.